The minimum Gasteiger partial charge on any atom is -0.478 e. The van der Waals surface area contributed by atoms with Gasteiger partial charge in [0.25, 0.3) is 0 Å². The number of hydrogen-bond acceptors (Lipinski definition) is 3. The second-order valence-corrected chi connectivity index (χ2v) is 4.85. The molecule has 3 rings (SSSR count). The Morgan fingerprint density at radius 2 is 2.21 bits per heavy atom. The molecule has 0 aliphatic carbocycles. The topological polar surface area (TPSA) is 72.4 Å². The van der Waals surface area contributed by atoms with Gasteiger partial charge in [0.15, 0.2) is 0 Å². The lowest BCUT2D eigenvalue weighted by atomic mass is 10.4. The smallest absolute Gasteiger partial charge is 0.338 e. The first-order valence-electron chi connectivity index (χ1n) is 5.52. The van der Waals surface area contributed by atoms with E-state index >= 15 is 0 Å². The van der Waals surface area contributed by atoms with Gasteiger partial charge in [-0.1, -0.05) is 6.07 Å². The average molecular weight is 321 g/mol. The number of pyridine rings is 1. The van der Waals surface area contributed by atoms with Gasteiger partial charge in [-0.15, -0.1) is 0 Å². The molecule has 0 aliphatic heterocycles. The summed E-state index contributed by atoms with van der Waals surface area (Å²) < 4.78 is 4.38. The highest BCUT2D eigenvalue weighted by Gasteiger charge is 2.08. The fourth-order valence-corrected chi connectivity index (χ4v) is 2.27. The van der Waals surface area contributed by atoms with Crippen molar-refractivity contribution in [3.63, 3.8) is 0 Å². The van der Waals surface area contributed by atoms with E-state index in [0.29, 0.717) is 6.54 Å². The highest BCUT2D eigenvalue weighted by Crippen LogP contribution is 2.14. The molecular formula is C12H9BrN4O2. The predicted octanol–water partition coefficient (Wildman–Crippen LogP) is 2.04. The van der Waals surface area contributed by atoms with E-state index < -0.39 is 5.97 Å². The second-order valence-electron chi connectivity index (χ2n) is 4.04. The Hall–Kier alpha value is -2.15. The molecule has 0 spiro atoms. The van der Waals surface area contributed by atoms with Gasteiger partial charge in [-0.05, 0) is 28.1 Å². The predicted molar refractivity (Wildman–Crippen MR) is 71.2 cm³/mol. The molecule has 3 heterocycles. The Bertz CT molecular complexity index is 762. The van der Waals surface area contributed by atoms with E-state index in [4.69, 9.17) is 5.11 Å². The summed E-state index contributed by atoms with van der Waals surface area (Å²) in [5.41, 5.74) is 1.81. The van der Waals surface area contributed by atoms with Gasteiger partial charge in [0.05, 0.1) is 28.6 Å². The molecule has 0 atom stereocenters. The number of nitrogens with zero attached hydrogens (tertiary/aromatic N) is 4. The SMILES string of the molecule is O=C(O)c1cnn(Cc2cn3c(Br)cccc3n2)c1. The number of aromatic nitrogens is 4. The van der Waals surface area contributed by atoms with Crippen molar-refractivity contribution in [2.75, 3.05) is 0 Å². The highest BCUT2D eigenvalue weighted by molar-refractivity contribution is 9.10. The first-order valence-corrected chi connectivity index (χ1v) is 6.31. The molecule has 0 fully saturated rings. The maximum atomic E-state index is 10.8. The molecule has 3 aromatic rings. The van der Waals surface area contributed by atoms with Crippen molar-refractivity contribution in [3.8, 4) is 0 Å². The van der Waals surface area contributed by atoms with Crippen LogP contribution in [0.1, 0.15) is 16.1 Å². The van der Waals surface area contributed by atoms with Crippen LogP contribution in [0.5, 0.6) is 0 Å². The monoisotopic (exact) mass is 320 g/mol. The molecule has 3 aromatic heterocycles. The van der Waals surface area contributed by atoms with Gasteiger partial charge in [0.2, 0.25) is 0 Å². The van der Waals surface area contributed by atoms with Crippen molar-refractivity contribution in [1.29, 1.82) is 0 Å². The molecule has 1 N–H and O–H groups in total. The molecule has 96 valence electrons. The summed E-state index contributed by atoms with van der Waals surface area (Å²) in [4.78, 5) is 15.2. The lowest BCUT2D eigenvalue weighted by molar-refractivity contribution is 0.0697. The van der Waals surface area contributed by atoms with E-state index in [2.05, 4.69) is 26.0 Å². The van der Waals surface area contributed by atoms with Crippen LogP contribution >= 0.6 is 15.9 Å². The summed E-state index contributed by atoms with van der Waals surface area (Å²) in [7, 11) is 0. The standard InChI is InChI=1S/C12H9BrN4O2/c13-10-2-1-3-11-15-9(7-17(10)11)6-16-5-8(4-14-16)12(18)19/h1-5,7H,6H2,(H,18,19). The second kappa shape index (κ2) is 4.51. The molecule has 6 nitrogen and oxygen atoms in total. The van der Waals surface area contributed by atoms with Crippen LogP contribution in [0.25, 0.3) is 5.65 Å². The zero-order valence-electron chi connectivity index (χ0n) is 9.69. The Labute approximate surface area is 116 Å². The Kier molecular flexibility index (Phi) is 2.83. The van der Waals surface area contributed by atoms with Crippen molar-refractivity contribution in [3.05, 3.63) is 52.7 Å². The summed E-state index contributed by atoms with van der Waals surface area (Å²) >= 11 is 3.44. The summed E-state index contributed by atoms with van der Waals surface area (Å²) in [6.45, 7) is 0.432. The van der Waals surface area contributed by atoms with Crippen molar-refractivity contribution < 1.29 is 9.90 Å². The van der Waals surface area contributed by atoms with Crippen LogP contribution in [0.4, 0.5) is 0 Å². The van der Waals surface area contributed by atoms with Crippen molar-refractivity contribution >= 4 is 27.5 Å². The van der Waals surface area contributed by atoms with E-state index in [1.165, 1.54) is 12.4 Å². The lowest BCUT2D eigenvalue weighted by Gasteiger charge is -1.95. The van der Waals surface area contributed by atoms with Crippen LogP contribution in [0, 0.1) is 0 Å². The number of aromatic carboxylic acids is 1. The first kappa shape index (κ1) is 11.9. The normalized spacial score (nSPS) is 11.0. The van der Waals surface area contributed by atoms with Crippen molar-refractivity contribution in [1.82, 2.24) is 19.2 Å². The molecule has 0 aliphatic rings. The molecule has 0 radical (unpaired) electrons. The minimum atomic E-state index is -0.982. The Morgan fingerprint density at radius 1 is 1.37 bits per heavy atom. The number of fused-ring (bicyclic) bond motifs is 1. The zero-order valence-corrected chi connectivity index (χ0v) is 11.3. The summed E-state index contributed by atoms with van der Waals surface area (Å²) in [5, 5.41) is 12.8. The van der Waals surface area contributed by atoms with Crippen molar-refractivity contribution in [2.24, 2.45) is 0 Å². The lowest BCUT2D eigenvalue weighted by Crippen LogP contribution is -2.00. The van der Waals surface area contributed by atoms with Crippen LogP contribution in [0.3, 0.4) is 0 Å². The quantitative estimate of drug-likeness (QED) is 0.749. The minimum absolute atomic E-state index is 0.171. The van der Waals surface area contributed by atoms with E-state index in [1.54, 1.807) is 4.68 Å². The summed E-state index contributed by atoms with van der Waals surface area (Å²) in [6.07, 6.45) is 4.71. The van der Waals surface area contributed by atoms with Crippen LogP contribution in [-0.2, 0) is 6.54 Å². The van der Waals surface area contributed by atoms with E-state index in [0.717, 1.165) is 15.9 Å². The molecule has 0 unspecified atom stereocenters. The molecular weight excluding hydrogens is 312 g/mol. The molecule has 0 bridgehead atoms. The molecule has 7 heteroatoms. The van der Waals surface area contributed by atoms with Crippen LogP contribution in [0.15, 0.2) is 41.4 Å². The zero-order chi connectivity index (χ0) is 13.4. The average Bonchev–Trinajstić information content (AvgIpc) is 2.96. The van der Waals surface area contributed by atoms with Gasteiger partial charge in [-0.3, -0.25) is 9.08 Å². The van der Waals surface area contributed by atoms with E-state index in [9.17, 15) is 4.79 Å². The first-order chi connectivity index (χ1) is 9.13. The van der Waals surface area contributed by atoms with Gasteiger partial charge in [0, 0.05) is 12.4 Å². The number of carbonyl (C=O) groups is 1. The summed E-state index contributed by atoms with van der Waals surface area (Å²) in [5.74, 6) is -0.982. The van der Waals surface area contributed by atoms with E-state index in [1.807, 2.05) is 28.8 Å². The van der Waals surface area contributed by atoms with Crippen LogP contribution in [0.2, 0.25) is 0 Å². The number of carboxylic acids is 1. The maximum absolute atomic E-state index is 10.8. The largest absolute Gasteiger partial charge is 0.478 e. The number of halogens is 1. The number of rotatable bonds is 3. The number of imidazole rings is 1. The van der Waals surface area contributed by atoms with Gasteiger partial charge in [-0.2, -0.15) is 5.10 Å². The van der Waals surface area contributed by atoms with Crippen LogP contribution in [-0.4, -0.2) is 30.2 Å². The Balaban J connectivity index is 1.92. The van der Waals surface area contributed by atoms with Gasteiger partial charge in [-0.25, -0.2) is 9.78 Å². The van der Waals surface area contributed by atoms with E-state index in [-0.39, 0.29) is 5.56 Å². The molecule has 0 saturated heterocycles. The van der Waals surface area contributed by atoms with Crippen molar-refractivity contribution in [2.45, 2.75) is 6.54 Å². The highest BCUT2D eigenvalue weighted by atomic mass is 79.9. The van der Waals surface area contributed by atoms with Gasteiger partial charge in [0.1, 0.15) is 5.65 Å². The molecule has 19 heavy (non-hydrogen) atoms. The van der Waals surface area contributed by atoms with Gasteiger partial charge >= 0.3 is 5.97 Å². The fraction of sp³-hybridized carbons (Fsp3) is 0.0833. The fourth-order valence-electron chi connectivity index (χ4n) is 1.83. The van der Waals surface area contributed by atoms with Gasteiger partial charge < -0.3 is 5.11 Å². The number of carboxylic acid groups (broad SMARTS) is 1. The Morgan fingerprint density at radius 3 is 2.89 bits per heavy atom. The summed E-state index contributed by atoms with van der Waals surface area (Å²) in [6, 6.07) is 5.74. The molecule has 0 saturated carbocycles. The third-order valence-corrected chi connectivity index (χ3v) is 3.34. The third-order valence-electron chi connectivity index (χ3n) is 2.70. The third kappa shape index (κ3) is 2.24. The van der Waals surface area contributed by atoms with Crippen LogP contribution < -0.4 is 0 Å². The number of hydrogen-bond donors (Lipinski definition) is 1. The molecule has 0 amide bonds. The molecule has 0 aromatic carbocycles. The maximum Gasteiger partial charge on any atom is 0.338 e.